The molecule has 10 nitrogen and oxygen atoms in total. The van der Waals surface area contributed by atoms with Crippen LogP contribution < -0.4 is 31.2 Å². The van der Waals surface area contributed by atoms with Crippen LogP contribution in [0.1, 0.15) is 47.2 Å². The van der Waals surface area contributed by atoms with Gasteiger partial charge in [0.1, 0.15) is 17.5 Å². The molecule has 0 bridgehead atoms. The lowest BCUT2D eigenvalue weighted by Crippen LogP contribution is -2.60. The number of carbonyl (C=O) groups excluding carboxylic acids is 2. The summed E-state index contributed by atoms with van der Waals surface area (Å²) in [6.45, 7) is 3.24. The molecule has 0 saturated carbocycles. The molecule has 43 heavy (non-hydrogen) atoms. The van der Waals surface area contributed by atoms with Gasteiger partial charge in [0.25, 0.3) is 5.91 Å². The largest absolute Gasteiger partial charge is 0.497 e. The van der Waals surface area contributed by atoms with Gasteiger partial charge in [-0.25, -0.2) is 0 Å². The van der Waals surface area contributed by atoms with Crippen LogP contribution in [0.15, 0.2) is 78.9 Å². The normalized spacial score (nSPS) is 17.6. The maximum absolute atomic E-state index is 14.2. The van der Waals surface area contributed by atoms with Crippen molar-refractivity contribution in [1.82, 2.24) is 20.9 Å². The van der Waals surface area contributed by atoms with Gasteiger partial charge in [-0.3, -0.25) is 20.3 Å². The van der Waals surface area contributed by atoms with Crippen molar-refractivity contribution in [3.05, 3.63) is 95.6 Å². The zero-order valence-electron chi connectivity index (χ0n) is 25.0. The van der Waals surface area contributed by atoms with Gasteiger partial charge in [-0.2, -0.15) is 0 Å². The minimum Gasteiger partial charge on any atom is -0.497 e. The molecule has 3 atom stereocenters. The Hall–Kier alpha value is -4.57. The molecule has 3 aromatic rings. The zero-order valence-corrected chi connectivity index (χ0v) is 25.0. The highest BCUT2D eigenvalue weighted by atomic mass is 16.5. The third kappa shape index (κ3) is 8.04. The van der Waals surface area contributed by atoms with Gasteiger partial charge in [0, 0.05) is 37.7 Å². The molecule has 0 radical (unpaired) electrons. The molecule has 1 unspecified atom stereocenters. The SMILES string of the molecule is CCC(NC(=N)N)[C@@H]1N[C@H](CNC(=O)c2ccc(OC)cc2OC)CCN(CC(c2ccccc2)c2ccccc2)C1=O. The molecular weight excluding hydrogens is 544 g/mol. The first kappa shape index (κ1) is 31.4. The second-order valence-electron chi connectivity index (χ2n) is 10.6. The van der Waals surface area contributed by atoms with Crippen LogP contribution in [0.3, 0.4) is 0 Å². The number of nitrogens with two attached hydrogens (primary N) is 1. The molecule has 228 valence electrons. The third-order valence-electron chi connectivity index (χ3n) is 7.89. The van der Waals surface area contributed by atoms with Crippen molar-refractivity contribution in [1.29, 1.82) is 5.41 Å². The van der Waals surface area contributed by atoms with Gasteiger partial charge < -0.3 is 30.7 Å². The highest BCUT2D eigenvalue weighted by Gasteiger charge is 2.37. The molecule has 1 aliphatic heterocycles. The summed E-state index contributed by atoms with van der Waals surface area (Å²) in [6, 6.07) is 24.2. The molecule has 4 rings (SSSR count). The highest BCUT2D eigenvalue weighted by Crippen LogP contribution is 2.28. The molecule has 0 aromatic heterocycles. The minimum atomic E-state index is -0.652. The van der Waals surface area contributed by atoms with Crippen molar-refractivity contribution in [3.63, 3.8) is 0 Å². The molecule has 0 spiro atoms. The average Bonchev–Trinajstić information content (AvgIpc) is 3.19. The van der Waals surface area contributed by atoms with Crippen molar-refractivity contribution in [2.45, 2.75) is 43.8 Å². The smallest absolute Gasteiger partial charge is 0.255 e. The molecule has 1 fully saturated rings. The fourth-order valence-electron chi connectivity index (χ4n) is 5.57. The molecule has 6 N–H and O–H groups in total. The topological polar surface area (TPSA) is 142 Å². The van der Waals surface area contributed by atoms with Gasteiger partial charge in [-0.1, -0.05) is 67.6 Å². The van der Waals surface area contributed by atoms with Crippen molar-refractivity contribution >= 4 is 17.8 Å². The highest BCUT2D eigenvalue weighted by molar-refractivity contribution is 5.97. The van der Waals surface area contributed by atoms with E-state index >= 15 is 0 Å². The van der Waals surface area contributed by atoms with Crippen LogP contribution in [0, 0.1) is 5.41 Å². The van der Waals surface area contributed by atoms with Gasteiger partial charge in [0.05, 0.1) is 25.8 Å². The molecule has 10 heteroatoms. The molecule has 3 aromatic carbocycles. The average molecular weight is 587 g/mol. The van der Waals surface area contributed by atoms with E-state index in [2.05, 4.69) is 40.2 Å². The Morgan fingerprint density at radius 2 is 1.70 bits per heavy atom. The second kappa shape index (κ2) is 15.1. The zero-order chi connectivity index (χ0) is 30.8. The molecule has 1 aliphatic rings. The number of benzene rings is 3. The molecule has 1 saturated heterocycles. The maximum Gasteiger partial charge on any atom is 0.255 e. The summed E-state index contributed by atoms with van der Waals surface area (Å²) in [6.07, 6.45) is 1.19. The van der Waals surface area contributed by atoms with Gasteiger partial charge in [0.15, 0.2) is 5.96 Å². The fourth-order valence-corrected chi connectivity index (χ4v) is 5.57. The lowest BCUT2D eigenvalue weighted by atomic mass is 9.90. The number of nitrogens with zero attached hydrogens (tertiary/aromatic N) is 1. The van der Waals surface area contributed by atoms with Crippen LogP contribution in [-0.4, -0.2) is 74.7 Å². The van der Waals surface area contributed by atoms with Crippen molar-refractivity contribution < 1.29 is 19.1 Å². The van der Waals surface area contributed by atoms with Crippen LogP contribution in [0.25, 0.3) is 0 Å². The van der Waals surface area contributed by atoms with Crippen LogP contribution >= 0.6 is 0 Å². The summed E-state index contributed by atoms with van der Waals surface area (Å²) < 4.78 is 10.7. The number of hydrogen-bond acceptors (Lipinski definition) is 6. The van der Waals surface area contributed by atoms with E-state index in [4.69, 9.17) is 20.6 Å². The number of methoxy groups -OCH3 is 2. The van der Waals surface area contributed by atoms with Crippen LogP contribution in [-0.2, 0) is 4.79 Å². The second-order valence-corrected chi connectivity index (χ2v) is 10.6. The summed E-state index contributed by atoms with van der Waals surface area (Å²) in [5.74, 6) is 0.435. The van der Waals surface area contributed by atoms with E-state index in [0.29, 0.717) is 49.5 Å². The van der Waals surface area contributed by atoms with Gasteiger partial charge in [-0.05, 0) is 36.1 Å². The number of hydrogen-bond donors (Lipinski definition) is 5. The van der Waals surface area contributed by atoms with Gasteiger partial charge >= 0.3 is 0 Å². The molecule has 0 aliphatic carbocycles. The van der Waals surface area contributed by atoms with Crippen LogP contribution in [0.2, 0.25) is 0 Å². The van der Waals surface area contributed by atoms with E-state index < -0.39 is 12.1 Å². The predicted octanol–water partition coefficient (Wildman–Crippen LogP) is 3.09. The Morgan fingerprint density at radius 1 is 1.05 bits per heavy atom. The summed E-state index contributed by atoms with van der Waals surface area (Å²) in [5, 5.41) is 17.3. The molecule has 2 amide bonds. The lowest BCUT2D eigenvalue weighted by molar-refractivity contribution is -0.133. The summed E-state index contributed by atoms with van der Waals surface area (Å²) in [4.78, 5) is 29.2. The van der Waals surface area contributed by atoms with E-state index in [1.807, 2.05) is 48.2 Å². The maximum atomic E-state index is 14.2. The Morgan fingerprint density at radius 3 is 2.26 bits per heavy atom. The quantitative estimate of drug-likeness (QED) is 0.162. The molecular formula is C33H42N6O4. The summed E-state index contributed by atoms with van der Waals surface area (Å²) >= 11 is 0. The summed E-state index contributed by atoms with van der Waals surface area (Å²) in [7, 11) is 3.06. The number of ether oxygens (including phenoxy) is 2. The van der Waals surface area contributed by atoms with Crippen molar-refractivity contribution in [3.8, 4) is 11.5 Å². The van der Waals surface area contributed by atoms with E-state index in [1.165, 1.54) is 7.11 Å². The minimum absolute atomic E-state index is 0.0216. The first-order valence-electron chi connectivity index (χ1n) is 14.6. The van der Waals surface area contributed by atoms with E-state index in [0.717, 1.165) is 11.1 Å². The summed E-state index contributed by atoms with van der Waals surface area (Å²) in [5.41, 5.74) is 8.36. The number of amides is 2. The van der Waals surface area contributed by atoms with E-state index in [1.54, 1.807) is 25.3 Å². The Bertz CT molecular complexity index is 1330. The number of nitrogens with one attached hydrogen (secondary N) is 4. The number of guanidine groups is 1. The Balaban J connectivity index is 1.57. The van der Waals surface area contributed by atoms with Crippen LogP contribution in [0.4, 0.5) is 0 Å². The first-order chi connectivity index (χ1) is 20.8. The van der Waals surface area contributed by atoms with Crippen molar-refractivity contribution in [2.75, 3.05) is 33.9 Å². The van der Waals surface area contributed by atoms with Gasteiger partial charge in [-0.15, -0.1) is 0 Å². The van der Waals surface area contributed by atoms with Crippen molar-refractivity contribution in [2.24, 2.45) is 5.73 Å². The monoisotopic (exact) mass is 586 g/mol. The predicted molar refractivity (Wildman–Crippen MR) is 168 cm³/mol. The fraction of sp³-hybridized carbons (Fsp3) is 0.364. The third-order valence-corrected chi connectivity index (χ3v) is 7.89. The van der Waals surface area contributed by atoms with Gasteiger partial charge in [0.2, 0.25) is 5.91 Å². The van der Waals surface area contributed by atoms with E-state index in [-0.39, 0.29) is 29.7 Å². The molecule has 1 heterocycles. The Labute approximate surface area is 253 Å². The number of carbonyl (C=O) groups is 2. The number of rotatable bonds is 12. The van der Waals surface area contributed by atoms with E-state index in [9.17, 15) is 9.59 Å². The first-order valence-corrected chi connectivity index (χ1v) is 14.6. The van der Waals surface area contributed by atoms with Crippen LogP contribution in [0.5, 0.6) is 11.5 Å². The Kier molecular flexibility index (Phi) is 11.0. The lowest BCUT2D eigenvalue weighted by Gasteiger charge is -2.33. The standard InChI is InChI=1S/C33H42N6O4/c1-4-28(38-33(34)35)30-32(41)39(21-27(22-11-7-5-8-12-22)23-13-9-6-10-14-23)18-17-24(37-30)20-36-31(40)26-16-15-25(42-2)19-29(26)43-3/h5-16,19,24,27-28,30,37H,4,17-18,20-21H2,1-3H3,(H,36,40)(H4,34,35,38)/t24-,28?,30-/m0/s1.